The van der Waals surface area contributed by atoms with Gasteiger partial charge in [-0.2, -0.15) is 0 Å². The van der Waals surface area contributed by atoms with Gasteiger partial charge < -0.3 is 49.7 Å². The first-order valence-corrected chi connectivity index (χ1v) is 25.8. The van der Waals surface area contributed by atoms with Crippen LogP contribution in [0.3, 0.4) is 0 Å². The molecule has 2 heterocycles. The maximum atomic E-state index is 13.5. The molecule has 0 atom stereocenters. The molecule has 416 valence electrons. The highest BCUT2D eigenvalue weighted by molar-refractivity contribution is 14.1. The van der Waals surface area contributed by atoms with E-state index >= 15 is 0 Å². The quantitative estimate of drug-likeness (QED) is 0.0562. The van der Waals surface area contributed by atoms with Crippen molar-refractivity contribution in [3.8, 4) is 34.5 Å². The molecule has 2 aromatic heterocycles. The number of hydrogen-bond acceptors (Lipinski definition) is 14. The summed E-state index contributed by atoms with van der Waals surface area (Å²) >= 11 is 8.28. The third-order valence-electron chi connectivity index (χ3n) is 12.0. The lowest BCUT2D eigenvalue weighted by molar-refractivity contribution is -0.118. The molecule has 0 unspecified atom stereocenters. The van der Waals surface area contributed by atoms with Crippen LogP contribution < -0.4 is 72.2 Å². The molecule has 0 saturated carbocycles. The molecule has 0 aliphatic carbocycles. The Morgan fingerprint density at radius 3 is 1.31 bits per heavy atom. The molecule has 0 aliphatic heterocycles. The van der Waals surface area contributed by atoms with Crippen molar-refractivity contribution in [3.63, 3.8) is 0 Å². The predicted octanol–water partition coefficient (Wildman–Crippen LogP) is 6.97. The Morgan fingerprint density at radius 1 is 0.475 bits per heavy atom. The first-order chi connectivity index (χ1) is 38.5. The number of anilines is 4. The number of aromatic nitrogens is 4. The second-order valence-electron chi connectivity index (χ2n) is 17.2. The Hall–Kier alpha value is -9.10. The number of nitrogens with zero attached hydrogens (tertiary/aromatic N) is 4. The smallest absolute Gasteiger partial charge is 0.332 e. The molecule has 0 spiro atoms. The number of benzene rings is 6. The van der Waals surface area contributed by atoms with Gasteiger partial charge in [-0.05, 0) is 114 Å². The van der Waals surface area contributed by atoms with E-state index < -0.39 is 72.3 Å². The summed E-state index contributed by atoms with van der Waals surface area (Å²) < 4.78 is 36.5. The summed E-state index contributed by atoms with van der Waals surface area (Å²) in [6.07, 6.45) is 0.863. The molecule has 4 amide bonds. The minimum Gasteiger partial charge on any atom is -0.497 e. The Labute approximate surface area is 474 Å². The van der Waals surface area contributed by atoms with E-state index in [-0.39, 0.29) is 32.5 Å². The number of rotatable bonds is 20. The van der Waals surface area contributed by atoms with E-state index in [4.69, 9.17) is 40.0 Å². The van der Waals surface area contributed by atoms with Gasteiger partial charge in [-0.25, -0.2) is 9.59 Å². The number of carbonyl (C=O) groups is 4. The molecule has 80 heavy (non-hydrogen) atoms. The fourth-order valence-electron chi connectivity index (χ4n) is 8.13. The van der Waals surface area contributed by atoms with E-state index in [2.05, 4.69) is 43.9 Å². The van der Waals surface area contributed by atoms with Gasteiger partial charge in [0.2, 0.25) is 23.6 Å². The van der Waals surface area contributed by atoms with Crippen LogP contribution in [-0.2, 0) is 45.4 Å². The fourth-order valence-corrected chi connectivity index (χ4v) is 9.05. The SMILES string of the molecule is CCCOc1ccc(NC(=O)Cn2c(=O)c3ccccc3n(CC(=O)Nc3cc(Cl)c(OC)cc3OC)c2=O)cc1.COc1ccc(NC(=O)Cn2c(=O)c3ccccc3n(CC(=O)Nc3cc(I)c(OC)cc3OC)c2=O)cc1. The van der Waals surface area contributed by atoms with E-state index in [1.807, 2.05) is 6.92 Å². The summed E-state index contributed by atoms with van der Waals surface area (Å²) in [6, 6.07) is 32.4. The number of ether oxygens (including phenoxy) is 6. The van der Waals surface area contributed by atoms with Crippen molar-refractivity contribution in [1.29, 1.82) is 0 Å². The molecule has 6 aromatic carbocycles. The van der Waals surface area contributed by atoms with Gasteiger partial charge in [0, 0.05) is 23.5 Å². The van der Waals surface area contributed by atoms with Crippen LogP contribution in [0.1, 0.15) is 13.3 Å². The molecule has 8 rings (SSSR count). The van der Waals surface area contributed by atoms with Crippen LogP contribution in [0.15, 0.2) is 141 Å². The van der Waals surface area contributed by atoms with Gasteiger partial charge in [-0.15, -0.1) is 0 Å². The lowest BCUT2D eigenvalue weighted by Crippen LogP contribution is -2.44. The summed E-state index contributed by atoms with van der Waals surface area (Å²) in [5.41, 5.74) is -0.791. The molecule has 24 heteroatoms. The zero-order valence-electron chi connectivity index (χ0n) is 44.0. The van der Waals surface area contributed by atoms with Gasteiger partial charge in [0.1, 0.15) is 60.7 Å². The normalized spacial score (nSPS) is 10.7. The van der Waals surface area contributed by atoms with Crippen molar-refractivity contribution in [3.05, 3.63) is 172 Å². The molecule has 0 saturated heterocycles. The summed E-state index contributed by atoms with van der Waals surface area (Å²) in [7, 11) is 7.39. The number of halogens is 2. The van der Waals surface area contributed by atoms with Crippen LogP contribution >= 0.6 is 34.2 Å². The number of nitrogens with one attached hydrogen (secondary N) is 4. The fraction of sp³-hybridized carbons (Fsp3) is 0.214. The number of carbonyl (C=O) groups excluding carboxylic acids is 4. The number of fused-ring (bicyclic) bond motifs is 2. The Kier molecular flexibility index (Phi) is 19.8. The van der Waals surface area contributed by atoms with E-state index in [9.17, 15) is 38.4 Å². The molecule has 8 aromatic rings. The Bertz CT molecular complexity index is 3860. The van der Waals surface area contributed by atoms with Crippen molar-refractivity contribution >= 4 is 102 Å². The van der Waals surface area contributed by atoms with Crippen LogP contribution in [0.4, 0.5) is 22.7 Å². The minimum absolute atomic E-state index is 0.176. The average molecular weight is 1230 g/mol. The topological polar surface area (TPSA) is 260 Å². The molecular formula is C56H54ClIN8O14. The number of amides is 4. The van der Waals surface area contributed by atoms with Gasteiger partial charge in [-0.1, -0.05) is 42.8 Å². The van der Waals surface area contributed by atoms with E-state index in [0.717, 1.165) is 28.3 Å². The van der Waals surface area contributed by atoms with Gasteiger partial charge in [0.15, 0.2) is 0 Å². The van der Waals surface area contributed by atoms with Gasteiger partial charge >= 0.3 is 11.4 Å². The highest BCUT2D eigenvalue weighted by atomic mass is 127. The van der Waals surface area contributed by atoms with Crippen LogP contribution in [0.5, 0.6) is 34.5 Å². The molecule has 4 N–H and O–H groups in total. The summed E-state index contributed by atoms with van der Waals surface area (Å²) in [6.45, 7) is 0.611. The molecule has 22 nitrogen and oxygen atoms in total. The third kappa shape index (κ3) is 14.0. The van der Waals surface area contributed by atoms with E-state index in [1.165, 1.54) is 59.8 Å². The van der Waals surface area contributed by atoms with Crippen molar-refractivity contribution in [1.82, 2.24) is 18.3 Å². The molecule has 0 radical (unpaired) electrons. The third-order valence-corrected chi connectivity index (χ3v) is 13.1. The molecular weight excluding hydrogens is 1170 g/mol. The molecule has 0 bridgehead atoms. The van der Waals surface area contributed by atoms with Crippen molar-refractivity contribution in [2.24, 2.45) is 0 Å². The number of methoxy groups -OCH3 is 5. The summed E-state index contributed by atoms with van der Waals surface area (Å²) in [5.74, 6) is 0.585. The predicted molar refractivity (Wildman–Crippen MR) is 311 cm³/mol. The zero-order valence-corrected chi connectivity index (χ0v) is 47.0. The lowest BCUT2D eigenvalue weighted by Gasteiger charge is -2.16. The highest BCUT2D eigenvalue weighted by Gasteiger charge is 2.22. The minimum atomic E-state index is -0.818. The van der Waals surface area contributed by atoms with Gasteiger partial charge in [0.05, 0.1) is 83.9 Å². The van der Waals surface area contributed by atoms with Crippen molar-refractivity contribution < 1.29 is 47.6 Å². The van der Waals surface area contributed by atoms with Crippen molar-refractivity contribution in [2.45, 2.75) is 39.5 Å². The number of para-hydroxylation sites is 2. The van der Waals surface area contributed by atoms with Crippen LogP contribution in [0.25, 0.3) is 21.8 Å². The van der Waals surface area contributed by atoms with Crippen LogP contribution in [0.2, 0.25) is 5.02 Å². The zero-order chi connectivity index (χ0) is 57.6. The second-order valence-corrected chi connectivity index (χ2v) is 18.8. The average Bonchev–Trinajstić information content (AvgIpc) is 3.46. The monoisotopic (exact) mass is 1220 g/mol. The highest BCUT2D eigenvalue weighted by Crippen LogP contribution is 2.36. The molecule has 0 fully saturated rings. The Morgan fingerprint density at radius 2 is 0.875 bits per heavy atom. The van der Waals surface area contributed by atoms with E-state index in [1.54, 1.807) is 97.1 Å². The molecule has 0 aliphatic rings. The van der Waals surface area contributed by atoms with Gasteiger partial charge in [0.25, 0.3) is 11.1 Å². The first kappa shape index (κ1) is 58.6. The van der Waals surface area contributed by atoms with E-state index in [0.29, 0.717) is 58.2 Å². The van der Waals surface area contributed by atoms with Crippen molar-refractivity contribution in [2.75, 3.05) is 63.4 Å². The largest absolute Gasteiger partial charge is 0.497 e. The first-order valence-electron chi connectivity index (χ1n) is 24.3. The standard InChI is InChI=1S/C29H29ClN4O7.C27H25IN4O7/c1-4-13-41-19-11-9-18(10-12-19)31-26(35)17-34-28(37)20-7-5-6-8-23(20)33(29(34)38)16-27(36)32-22-14-21(30)24(39-2)15-25(22)40-3;1-37-17-10-8-16(9-11-17)29-24(33)15-32-26(35)18-6-4-5-7-21(18)31(27(32)36)14-25(34)30-20-12-19(28)22(38-2)13-23(20)39-3/h5-12,14-15H,4,13,16-17H2,1-3H3,(H,31,35)(H,32,36);4-13H,14-15H2,1-3H3,(H,29,33)(H,30,34). The van der Waals surface area contributed by atoms with Crippen LogP contribution in [0, 0.1) is 3.57 Å². The maximum absolute atomic E-state index is 13.5. The maximum Gasteiger partial charge on any atom is 0.332 e. The van der Waals surface area contributed by atoms with Gasteiger partial charge in [-0.3, -0.25) is 47.0 Å². The number of hydrogen-bond donors (Lipinski definition) is 4. The summed E-state index contributed by atoms with van der Waals surface area (Å²) in [4.78, 5) is 105. The lowest BCUT2D eigenvalue weighted by atomic mass is 10.2. The van der Waals surface area contributed by atoms with Crippen LogP contribution in [-0.4, -0.2) is 84.1 Å². The Balaban J connectivity index is 0.000000231. The summed E-state index contributed by atoms with van der Waals surface area (Å²) in [5, 5.41) is 11.4. The second kappa shape index (κ2) is 27.0.